The summed E-state index contributed by atoms with van der Waals surface area (Å²) in [6.07, 6.45) is 7.95. The van der Waals surface area contributed by atoms with Crippen LogP contribution in [-0.2, 0) is 24.2 Å². The van der Waals surface area contributed by atoms with Crippen molar-refractivity contribution in [2.45, 2.75) is 46.7 Å². The highest BCUT2D eigenvalue weighted by atomic mass is 79.9. The fraction of sp³-hybridized carbons (Fsp3) is 0.455. The predicted octanol–water partition coefficient (Wildman–Crippen LogP) is 4.60. The van der Waals surface area contributed by atoms with Crippen LogP contribution in [0.25, 0.3) is 0 Å². The summed E-state index contributed by atoms with van der Waals surface area (Å²) in [6.45, 7) is 7.13. The van der Waals surface area contributed by atoms with Crippen molar-refractivity contribution >= 4 is 44.1 Å². The molecule has 0 bridgehead atoms. The standard InChI is InChI=1S/C22H26BrN5O3S/c1-22(2,3)13-5-6-15-17(9-13)32-20(18(15)21(30)31-4)25-19(29)16-7-8-27(26-16)12-28-11-14(23)10-24-28/h7-8,10-11,13H,5-6,9,12H2,1-4H3,(H,25,29)/t13-/m0/s1. The van der Waals surface area contributed by atoms with E-state index >= 15 is 0 Å². The Bertz CT molecular complexity index is 1160. The van der Waals surface area contributed by atoms with Gasteiger partial charge in [0, 0.05) is 17.3 Å². The molecule has 4 rings (SSSR count). The molecule has 0 unspecified atom stereocenters. The SMILES string of the molecule is COC(=O)c1c(NC(=O)c2ccn(Cn3cc(Br)cn3)n2)sc2c1CC[C@H](C(C)(C)C)C2. The number of carbonyl (C=O) groups excluding carboxylic acids is 2. The zero-order valence-corrected chi connectivity index (χ0v) is 20.9. The Morgan fingerprint density at radius 1 is 1.34 bits per heavy atom. The third kappa shape index (κ3) is 4.66. The molecule has 3 aromatic heterocycles. The minimum Gasteiger partial charge on any atom is -0.465 e. The number of rotatable bonds is 5. The van der Waals surface area contributed by atoms with Crippen molar-refractivity contribution in [3.63, 3.8) is 0 Å². The van der Waals surface area contributed by atoms with E-state index in [4.69, 9.17) is 4.74 Å². The number of thiophene rings is 1. The number of hydrogen-bond acceptors (Lipinski definition) is 6. The number of fused-ring (bicyclic) bond motifs is 1. The van der Waals surface area contributed by atoms with Crippen LogP contribution in [0.4, 0.5) is 5.00 Å². The molecule has 1 aliphatic carbocycles. The number of aromatic nitrogens is 4. The second kappa shape index (κ2) is 8.82. The summed E-state index contributed by atoms with van der Waals surface area (Å²) in [5.74, 6) is -0.246. The van der Waals surface area contributed by atoms with Gasteiger partial charge in [-0.25, -0.2) is 9.48 Å². The number of methoxy groups -OCH3 is 1. The van der Waals surface area contributed by atoms with Crippen molar-refractivity contribution in [3.05, 3.63) is 50.8 Å². The lowest BCUT2D eigenvalue weighted by molar-refractivity contribution is 0.0600. The smallest absolute Gasteiger partial charge is 0.341 e. The molecule has 10 heteroatoms. The van der Waals surface area contributed by atoms with Crippen LogP contribution in [0.15, 0.2) is 29.1 Å². The molecule has 3 heterocycles. The summed E-state index contributed by atoms with van der Waals surface area (Å²) in [5.41, 5.74) is 1.94. The molecule has 0 saturated heterocycles. The number of halogens is 1. The van der Waals surface area contributed by atoms with Gasteiger partial charge in [-0.1, -0.05) is 20.8 Å². The molecule has 0 radical (unpaired) electrons. The van der Waals surface area contributed by atoms with Gasteiger partial charge >= 0.3 is 5.97 Å². The number of esters is 1. The van der Waals surface area contributed by atoms with Crippen molar-refractivity contribution in [2.24, 2.45) is 11.3 Å². The topological polar surface area (TPSA) is 91.0 Å². The number of anilines is 1. The van der Waals surface area contributed by atoms with Gasteiger partial charge < -0.3 is 10.1 Å². The third-order valence-electron chi connectivity index (χ3n) is 5.87. The first-order valence-corrected chi connectivity index (χ1v) is 12.0. The van der Waals surface area contributed by atoms with Crippen LogP contribution in [0.5, 0.6) is 0 Å². The first kappa shape index (κ1) is 22.7. The van der Waals surface area contributed by atoms with Crippen molar-refractivity contribution in [3.8, 4) is 0 Å². The highest BCUT2D eigenvalue weighted by Gasteiger charge is 2.34. The molecule has 8 nitrogen and oxygen atoms in total. The molecule has 0 aromatic carbocycles. The summed E-state index contributed by atoms with van der Waals surface area (Å²) in [7, 11) is 1.37. The molecule has 1 N–H and O–H groups in total. The second-order valence-electron chi connectivity index (χ2n) is 9.04. The van der Waals surface area contributed by atoms with Crippen LogP contribution in [0.3, 0.4) is 0 Å². The van der Waals surface area contributed by atoms with E-state index in [1.54, 1.807) is 27.8 Å². The van der Waals surface area contributed by atoms with E-state index in [2.05, 4.69) is 52.2 Å². The van der Waals surface area contributed by atoms with E-state index in [0.717, 1.165) is 34.2 Å². The van der Waals surface area contributed by atoms with E-state index < -0.39 is 5.97 Å². The largest absolute Gasteiger partial charge is 0.465 e. The molecular weight excluding hydrogens is 494 g/mol. The highest BCUT2D eigenvalue weighted by Crippen LogP contribution is 2.44. The molecule has 32 heavy (non-hydrogen) atoms. The first-order chi connectivity index (χ1) is 15.2. The highest BCUT2D eigenvalue weighted by molar-refractivity contribution is 9.10. The minimum atomic E-state index is -0.415. The van der Waals surface area contributed by atoms with Gasteiger partial charge in [0.15, 0.2) is 5.69 Å². The maximum Gasteiger partial charge on any atom is 0.341 e. The fourth-order valence-electron chi connectivity index (χ4n) is 4.02. The maximum absolute atomic E-state index is 12.9. The Morgan fingerprint density at radius 2 is 2.12 bits per heavy atom. The monoisotopic (exact) mass is 519 g/mol. The molecular formula is C22H26BrN5O3S. The minimum absolute atomic E-state index is 0.188. The molecule has 1 aliphatic rings. The van der Waals surface area contributed by atoms with Crippen LogP contribution < -0.4 is 5.32 Å². The number of carbonyl (C=O) groups is 2. The van der Waals surface area contributed by atoms with E-state index in [1.807, 2.05) is 6.20 Å². The molecule has 0 aliphatic heterocycles. The lowest BCUT2D eigenvalue weighted by Crippen LogP contribution is -2.26. The summed E-state index contributed by atoms with van der Waals surface area (Å²) in [6, 6.07) is 1.65. The van der Waals surface area contributed by atoms with Crippen molar-refractivity contribution in [1.82, 2.24) is 19.6 Å². The van der Waals surface area contributed by atoms with Gasteiger partial charge in [0.2, 0.25) is 0 Å². The van der Waals surface area contributed by atoms with Crippen molar-refractivity contribution < 1.29 is 14.3 Å². The quantitative estimate of drug-likeness (QED) is 0.497. The zero-order valence-electron chi connectivity index (χ0n) is 18.5. The van der Waals surface area contributed by atoms with E-state index in [0.29, 0.717) is 23.2 Å². The van der Waals surface area contributed by atoms with E-state index in [9.17, 15) is 9.59 Å². The molecule has 1 atom stereocenters. The van der Waals surface area contributed by atoms with Gasteiger partial charge in [-0.05, 0) is 58.2 Å². The number of nitrogens with zero attached hydrogens (tertiary/aromatic N) is 4. The Balaban J connectivity index is 1.55. The van der Waals surface area contributed by atoms with Gasteiger partial charge in [-0.3, -0.25) is 9.48 Å². The van der Waals surface area contributed by atoms with Crippen molar-refractivity contribution in [2.75, 3.05) is 12.4 Å². The van der Waals surface area contributed by atoms with Crippen molar-refractivity contribution in [1.29, 1.82) is 0 Å². The second-order valence-corrected chi connectivity index (χ2v) is 11.1. The predicted molar refractivity (Wildman–Crippen MR) is 126 cm³/mol. The lowest BCUT2D eigenvalue weighted by Gasteiger charge is -2.33. The Kier molecular flexibility index (Phi) is 6.26. The number of hydrogen-bond donors (Lipinski definition) is 1. The van der Waals surface area contributed by atoms with Crippen LogP contribution >= 0.6 is 27.3 Å². The molecule has 0 saturated carbocycles. The normalized spacial score (nSPS) is 16.0. The van der Waals surface area contributed by atoms with E-state index in [1.165, 1.54) is 18.4 Å². The fourth-order valence-corrected chi connectivity index (χ4v) is 5.66. The summed E-state index contributed by atoms with van der Waals surface area (Å²) < 4.78 is 9.24. The summed E-state index contributed by atoms with van der Waals surface area (Å²) in [5, 5.41) is 12.0. The number of nitrogens with one attached hydrogen (secondary N) is 1. The van der Waals surface area contributed by atoms with Crippen LogP contribution in [-0.4, -0.2) is 38.5 Å². The Hall–Kier alpha value is -2.46. The Labute approximate surface area is 199 Å². The van der Waals surface area contributed by atoms with Crippen LogP contribution in [0.1, 0.15) is 58.5 Å². The maximum atomic E-state index is 12.9. The van der Waals surface area contributed by atoms with Gasteiger partial charge in [0.1, 0.15) is 11.7 Å². The summed E-state index contributed by atoms with van der Waals surface area (Å²) in [4.78, 5) is 26.6. The Morgan fingerprint density at radius 3 is 2.78 bits per heavy atom. The van der Waals surface area contributed by atoms with Gasteiger partial charge in [0.05, 0.1) is 23.3 Å². The summed E-state index contributed by atoms with van der Waals surface area (Å²) >= 11 is 4.83. The molecule has 1 amide bonds. The molecule has 0 fully saturated rings. The van der Waals surface area contributed by atoms with Gasteiger partial charge in [0.25, 0.3) is 5.91 Å². The molecule has 3 aromatic rings. The first-order valence-electron chi connectivity index (χ1n) is 10.4. The zero-order chi connectivity index (χ0) is 23.0. The van der Waals surface area contributed by atoms with Gasteiger partial charge in [-0.15, -0.1) is 11.3 Å². The van der Waals surface area contributed by atoms with Gasteiger partial charge in [-0.2, -0.15) is 10.2 Å². The lowest BCUT2D eigenvalue weighted by atomic mass is 9.72. The third-order valence-corrected chi connectivity index (χ3v) is 7.45. The van der Waals surface area contributed by atoms with Crippen LogP contribution in [0, 0.1) is 11.3 Å². The number of ether oxygens (including phenoxy) is 1. The van der Waals surface area contributed by atoms with Crippen LogP contribution in [0.2, 0.25) is 0 Å². The van der Waals surface area contributed by atoms with E-state index in [-0.39, 0.29) is 17.0 Å². The average Bonchev–Trinajstić information content (AvgIpc) is 3.45. The number of amides is 1. The molecule has 0 spiro atoms. The average molecular weight is 520 g/mol. The molecule has 170 valence electrons.